The van der Waals surface area contributed by atoms with Crippen LogP contribution in [-0.2, 0) is 9.47 Å². The van der Waals surface area contributed by atoms with Crippen molar-refractivity contribution in [2.24, 2.45) is 0 Å². The van der Waals surface area contributed by atoms with Crippen LogP contribution < -0.4 is 15.1 Å². The number of nitrogens with one attached hydrogen (secondary N) is 1. The highest BCUT2D eigenvalue weighted by molar-refractivity contribution is 6.12. The summed E-state index contributed by atoms with van der Waals surface area (Å²) in [6.07, 6.45) is 0. The summed E-state index contributed by atoms with van der Waals surface area (Å²) in [4.78, 5) is 9.65. The second-order valence-electron chi connectivity index (χ2n) is 9.91. The molecule has 0 aliphatic carbocycles. The Labute approximate surface area is 214 Å². The Kier molecular flexibility index (Phi) is 8.61. The van der Waals surface area contributed by atoms with Crippen molar-refractivity contribution in [2.75, 3.05) is 116 Å². The van der Waals surface area contributed by atoms with Crippen molar-refractivity contribution in [3.8, 4) is 0 Å². The summed E-state index contributed by atoms with van der Waals surface area (Å²) in [5, 5.41) is 6.02. The number of likely N-dealkylation sites (N-methyl/N-ethyl adjacent to an activating group) is 2. The smallest absolute Gasteiger partial charge is 0.158 e. The number of benzene rings is 2. The van der Waals surface area contributed by atoms with Crippen LogP contribution in [0.3, 0.4) is 0 Å². The maximum atomic E-state index is 6.63. The van der Waals surface area contributed by atoms with Crippen LogP contribution >= 0.6 is 0 Å². The average molecular weight is 496 g/mol. The Hall–Kier alpha value is -2.36. The SMILES string of the molecule is CN1CCN2CCNCCN(CCOCCOCC2)CCN(C)c2cccc3c2oc2c1cccc23. The van der Waals surface area contributed by atoms with Crippen LogP contribution in [0.4, 0.5) is 11.4 Å². The minimum atomic E-state index is 0.654. The Balaban J connectivity index is 1.50. The quantitative estimate of drug-likeness (QED) is 0.478. The number of furan rings is 1. The summed E-state index contributed by atoms with van der Waals surface area (Å²) >= 11 is 0. The first-order chi connectivity index (χ1) is 17.7. The fraction of sp³-hybridized carbons (Fsp3) is 0.571. The normalized spacial score (nSPS) is 24.1. The topological polar surface area (TPSA) is 56.6 Å². The third-order valence-corrected chi connectivity index (χ3v) is 7.49. The van der Waals surface area contributed by atoms with Crippen molar-refractivity contribution in [3.63, 3.8) is 0 Å². The van der Waals surface area contributed by atoms with Gasteiger partial charge in [0.25, 0.3) is 0 Å². The summed E-state index contributed by atoms with van der Waals surface area (Å²) in [7, 11) is 4.34. The highest BCUT2D eigenvalue weighted by Crippen LogP contribution is 2.38. The molecule has 3 heterocycles. The zero-order valence-electron chi connectivity index (χ0n) is 21.9. The van der Waals surface area contributed by atoms with Gasteiger partial charge in [0.2, 0.25) is 0 Å². The maximum absolute atomic E-state index is 6.63. The van der Waals surface area contributed by atoms with E-state index in [1.165, 1.54) is 10.8 Å². The zero-order chi connectivity index (χ0) is 24.7. The number of hydrogen-bond acceptors (Lipinski definition) is 8. The van der Waals surface area contributed by atoms with Gasteiger partial charge in [0, 0.05) is 90.3 Å². The molecule has 1 fully saturated rings. The predicted molar refractivity (Wildman–Crippen MR) is 148 cm³/mol. The number of fused-ring (bicyclic) bond motifs is 7. The van der Waals surface area contributed by atoms with Gasteiger partial charge in [-0.15, -0.1) is 0 Å². The summed E-state index contributed by atoms with van der Waals surface area (Å²) in [6, 6.07) is 13.0. The van der Waals surface area contributed by atoms with Crippen molar-refractivity contribution in [1.29, 1.82) is 0 Å². The van der Waals surface area contributed by atoms with Gasteiger partial charge in [-0.1, -0.05) is 24.3 Å². The largest absolute Gasteiger partial charge is 0.452 e. The Morgan fingerprint density at radius 1 is 0.583 bits per heavy atom. The lowest BCUT2D eigenvalue weighted by atomic mass is 10.1. The lowest BCUT2D eigenvalue weighted by Gasteiger charge is -2.28. The molecule has 1 saturated heterocycles. The van der Waals surface area contributed by atoms with Crippen molar-refractivity contribution in [2.45, 2.75) is 0 Å². The maximum Gasteiger partial charge on any atom is 0.158 e. The Morgan fingerprint density at radius 2 is 1.08 bits per heavy atom. The second-order valence-corrected chi connectivity index (χ2v) is 9.91. The number of para-hydroxylation sites is 2. The van der Waals surface area contributed by atoms with Gasteiger partial charge in [0.1, 0.15) is 0 Å². The molecule has 3 aromatic rings. The molecule has 8 nitrogen and oxygen atoms in total. The number of ether oxygens (including phenoxy) is 2. The van der Waals surface area contributed by atoms with E-state index >= 15 is 0 Å². The first-order valence-corrected chi connectivity index (χ1v) is 13.4. The molecule has 2 atom stereocenters. The number of nitrogens with zero attached hydrogens (tertiary/aromatic N) is 4. The van der Waals surface area contributed by atoms with Crippen molar-refractivity contribution in [1.82, 2.24) is 15.1 Å². The molecular formula is C28H41N5O3. The fourth-order valence-electron chi connectivity index (χ4n) is 5.19. The van der Waals surface area contributed by atoms with Crippen molar-refractivity contribution < 1.29 is 13.9 Å². The molecule has 5 rings (SSSR count). The number of rotatable bonds is 0. The van der Waals surface area contributed by atoms with E-state index in [1.54, 1.807) is 0 Å². The molecule has 2 aliphatic rings. The van der Waals surface area contributed by atoms with Gasteiger partial charge in [-0.2, -0.15) is 0 Å². The third-order valence-electron chi connectivity index (χ3n) is 7.49. The predicted octanol–water partition coefficient (Wildman–Crippen LogP) is 2.71. The van der Waals surface area contributed by atoms with Crippen LogP contribution in [-0.4, -0.2) is 116 Å². The molecule has 1 N–H and O–H groups in total. The van der Waals surface area contributed by atoms with Crippen LogP contribution in [0.2, 0.25) is 0 Å². The molecule has 8 heteroatoms. The van der Waals surface area contributed by atoms with Gasteiger partial charge in [-0.05, 0) is 12.1 Å². The third kappa shape index (κ3) is 5.95. The molecule has 2 unspecified atom stereocenters. The molecule has 2 aromatic carbocycles. The first-order valence-electron chi connectivity index (χ1n) is 13.4. The monoisotopic (exact) mass is 495 g/mol. The molecule has 2 aliphatic heterocycles. The van der Waals surface area contributed by atoms with Gasteiger partial charge in [0.05, 0.1) is 37.8 Å². The van der Waals surface area contributed by atoms with E-state index in [0.29, 0.717) is 13.2 Å². The molecule has 1 aromatic heterocycles. The molecule has 0 spiro atoms. The molecule has 0 saturated carbocycles. The Bertz CT molecular complexity index is 1030. The Morgan fingerprint density at radius 3 is 1.58 bits per heavy atom. The number of anilines is 2. The summed E-state index contributed by atoms with van der Waals surface area (Å²) in [5.74, 6) is 0. The van der Waals surface area contributed by atoms with E-state index in [2.05, 4.69) is 75.4 Å². The van der Waals surface area contributed by atoms with Gasteiger partial charge < -0.3 is 29.0 Å². The number of hydrogen-bond donors (Lipinski definition) is 1. The first kappa shape index (κ1) is 25.3. The van der Waals surface area contributed by atoms with E-state index < -0.39 is 0 Å². The second kappa shape index (κ2) is 12.3. The summed E-state index contributed by atoms with van der Waals surface area (Å²) in [5.41, 5.74) is 4.22. The molecule has 0 radical (unpaired) electrons. The van der Waals surface area contributed by atoms with Crippen LogP contribution in [0.5, 0.6) is 0 Å². The van der Waals surface area contributed by atoms with Gasteiger partial charge in [-0.3, -0.25) is 9.80 Å². The van der Waals surface area contributed by atoms with E-state index in [1.807, 2.05) is 0 Å². The minimum absolute atomic E-state index is 0.654. The van der Waals surface area contributed by atoms with E-state index in [4.69, 9.17) is 13.9 Å². The highest BCUT2D eigenvalue weighted by atomic mass is 16.5. The van der Waals surface area contributed by atoms with Gasteiger partial charge >= 0.3 is 0 Å². The van der Waals surface area contributed by atoms with Crippen LogP contribution in [0, 0.1) is 0 Å². The van der Waals surface area contributed by atoms with E-state index in [9.17, 15) is 0 Å². The van der Waals surface area contributed by atoms with Crippen molar-refractivity contribution >= 4 is 33.3 Å². The standard InChI is InChI=1S/C28H41N5O3/c1-30-13-15-32-11-9-29-10-12-33(18-20-35-22-21-34-19-17-32)16-14-31(2)26-8-4-6-24-23-5-3-7-25(30)27(23)36-28(24)26/h3-8,29H,9-22H2,1-2H3. The van der Waals surface area contributed by atoms with E-state index in [-0.39, 0.29) is 0 Å². The molecular weight excluding hydrogens is 454 g/mol. The average Bonchev–Trinajstić information content (AvgIpc) is 3.27. The van der Waals surface area contributed by atoms with Crippen LogP contribution in [0.25, 0.3) is 21.9 Å². The minimum Gasteiger partial charge on any atom is -0.452 e. The van der Waals surface area contributed by atoms with Crippen LogP contribution in [0.15, 0.2) is 40.8 Å². The van der Waals surface area contributed by atoms with Gasteiger partial charge in [0.15, 0.2) is 11.2 Å². The lowest BCUT2D eigenvalue weighted by molar-refractivity contribution is 0.0327. The van der Waals surface area contributed by atoms with Crippen molar-refractivity contribution in [3.05, 3.63) is 36.4 Å². The fourth-order valence-corrected chi connectivity index (χ4v) is 5.19. The summed E-state index contributed by atoms with van der Waals surface area (Å²) < 4.78 is 18.4. The molecule has 0 amide bonds. The zero-order valence-corrected chi connectivity index (χ0v) is 21.9. The van der Waals surface area contributed by atoms with E-state index in [0.717, 1.165) is 101 Å². The van der Waals surface area contributed by atoms with Crippen LogP contribution in [0.1, 0.15) is 0 Å². The highest BCUT2D eigenvalue weighted by Gasteiger charge is 2.18. The molecule has 36 heavy (non-hydrogen) atoms. The molecule has 196 valence electrons. The van der Waals surface area contributed by atoms with Gasteiger partial charge in [-0.25, -0.2) is 0 Å². The summed E-state index contributed by atoms with van der Waals surface area (Å²) in [6.45, 7) is 12.4. The molecule has 4 bridgehead atoms. The lowest BCUT2D eigenvalue weighted by Crippen LogP contribution is -2.42.